The van der Waals surface area contributed by atoms with Crippen LogP contribution in [0.4, 0.5) is 11.4 Å². The summed E-state index contributed by atoms with van der Waals surface area (Å²) >= 11 is 0. The number of nitrogens with zero attached hydrogens (tertiary/aromatic N) is 1. The van der Waals surface area contributed by atoms with Crippen molar-refractivity contribution in [3.8, 4) is 0 Å². The lowest BCUT2D eigenvalue weighted by Crippen LogP contribution is -2.24. The van der Waals surface area contributed by atoms with E-state index in [1.165, 1.54) is 19.2 Å². The van der Waals surface area contributed by atoms with Crippen molar-refractivity contribution in [3.63, 3.8) is 0 Å². The summed E-state index contributed by atoms with van der Waals surface area (Å²) in [6.07, 6.45) is 0. The molecule has 0 spiro atoms. The number of amides is 4. The Balaban J connectivity index is 1.72. The van der Waals surface area contributed by atoms with Gasteiger partial charge >= 0.3 is 0 Å². The van der Waals surface area contributed by atoms with Gasteiger partial charge in [-0.2, -0.15) is 0 Å². The number of benzene rings is 3. The highest BCUT2D eigenvalue weighted by Gasteiger charge is 2.36. The number of imide groups is 1. The number of fused-ring (bicyclic) bond motifs is 1. The maximum Gasteiger partial charge on any atom is 0.263 e. The highest BCUT2D eigenvalue weighted by molar-refractivity contribution is 6.25. The lowest BCUT2D eigenvalue weighted by Gasteiger charge is -2.12. The topological polar surface area (TPSA) is 95.6 Å². The fourth-order valence-corrected chi connectivity index (χ4v) is 3.23. The Kier molecular flexibility index (Phi) is 4.85. The van der Waals surface area contributed by atoms with Crippen LogP contribution in [-0.2, 0) is 0 Å². The lowest BCUT2D eigenvalue weighted by atomic mass is 10.0. The Morgan fingerprint density at radius 3 is 1.83 bits per heavy atom. The van der Waals surface area contributed by atoms with Crippen molar-refractivity contribution >= 4 is 35.0 Å². The second kappa shape index (κ2) is 7.63. The van der Waals surface area contributed by atoms with Crippen LogP contribution in [0.1, 0.15) is 41.4 Å². The summed E-state index contributed by atoms with van der Waals surface area (Å²) in [5.41, 5.74) is 1.51. The Morgan fingerprint density at radius 2 is 1.27 bits per heavy atom. The first-order chi connectivity index (χ1) is 14.5. The normalized spacial score (nSPS) is 12.5. The average Bonchev–Trinajstić information content (AvgIpc) is 2.99. The summed E-state index contributed by atoms with van der Waals surface area (Å²) < 4.78 is 0. The quantitative estimate of drug-likeness (QED) is 0.657. The Labute approximate surface area is 172 Å². The van der Waals surface area contributed by atoms with Crippen LogP contribution in [-0.4, -0.2) is 35.6 Å². The Morgan fingerprint density at radius 1 is 0.733 bits per heavy atom. The fourth-order valence-electron chi connectivity index (χ4n) is 3.23. The second-order valence-electron chi connectivity index (χ2n) is 6.76. The molecular weight excluding hydrogens is 382 g/mol. The summed E-state index contributed by atoms with van der Waals surface area (Å²) in [5.74, 6) is -1.82. The molecular formula is C23H17N3O4. The second-order valence-corrected chi connectivity index (χ2v) is 6.76. The number of carbonyl (C=O) groups excluding carboxylic acids is 4. The van der Waals surface area contributed by atoms with Crippen LogP contribution in [0.2, 0.25) is 0 Å². The van der Waals surface area contributed by atoms with Crippen LogP contribution in [0.5, 0.6) is 0 Å². The first-order valence-electron chi connectivity index (χ1n) is 9.19. The van der Waals surface area contributed by atoms with Crippen LogP contribution >= 0.6 is 0 Å². The smallest absolute Gasteiger partial charge is 0.263 e. The van der Waals surface area contributed by atoms with Crippen molar-refractivity contribution in [1.29, 1.82) is 0 Å². The molecule has 0 saturated heterocycles. The predicted octanol–water partition coefficient (Wildman–Crippen LogP) is 3.42. The van der Waals surface area contributed by atoms with Gasteiger partial charge in [-0.3, -0.25) is 24.1 Å². The number of carbonyl (C=O) groups is 4. The molecule has 0 unspecified atom stereocenters. The molecule has 0 fully saturated rings. The molecule has 0 radical (unpaired) electrons. The summed E-state index contributed by atoms with van der Waals surface area (Å²) in [4.78, 5) is 51.2. The van der Waals surface area contributed by atoms with Crippen molar-refractivity contribution in [1.82, 2.24) is 4.90 Å². The number of hydrogen-bond donors (Lipinski definition) is 2. The molecule has 4 rings (SSSR count). The monoisotopic (exact) mass is 399 g/mol. The molecule has 1 aliphatic rings. The summed E-state index contributed by atoms with van der Waals surface area (Å²) in [6, 6.07) is 20.0. The molecule has 0 bridgehead atoms. The molecule has 7 nitrogen and oxygen atoms in total. The predicted molar refractivity (Wildman–Crippen MR) is 112 cm³/mol. The van der Waals surface area contributed by atoms with E-state index in [0.29, 0.717) is 16.8 Å². The first-order valence-corrected chi connectivity index (χ1v) is 9.19. The van der Waals surface area contributed by atoms with E-state index in [-0.39, 0.29) is 22.7 Å². The largest absolute Gasteiger partial charge is 0.322 e. The van der Waals surface area contributed by atoms with E-state index < -0.39 is 17.7 Å². The first kappa shape index (κ1) is 19.1. The SMILES string of the molecule is CN1C(=O)c2cc(NC(=O)c3ccccc3)cc(NC(=O)c3ccccc3)c2C1=O. The minimum atomic E-state index is -0.515. The fraction of sp³-hybridized carbons (Fsp3) is 0.0435. The molecule has 3 aromatic carbocycles. The van der Waals surface area contributed by atoms with Gasteiger partial charge in [0.25, 0.3) is 23.6 Å². The van der Waals surface area contributed by atoms with Crippen LogP contribution in [0.3, 0.4) is 0 Å². The molecule has 1 heterocycles. The molecule has 0 saturated carbocycles. The zero-order valence-corrected chi connectivity index (χ0v) is 16.0. The summed E-state index contributed by atoms with van der Waals surface area (Å²) in [7, 11) is 1.37. The number of hydrogen-bond acceptors (Lipinski definition) is 4. The molecule has 148 valence electrons. The maximum atomic E-state index is 12.6. The van der Waals surface area contributed by atoms with Gasteiger partial charge in [0.1, 0.15) is 0 Å². The van der Waals surface area contributed by atoms with Crippen LogP contribution in [0.15, 0.2) is 72.8 Å². The van der Waals surface area contributed by atoms with Crippen molar-refractivity contribution < 1.29 is 19.2 Å². The van der Waals surface area contributed by atoms with Crippen LogP contribution in [0, 0.1) is 0 Å². The zero-order chi connectivity index (χ0) is 21.3. The van der Waals surface area contributed by atoms with E-state index in [1.54, 1.807) is 60.7 Å². The third kappa shape index (κ3) is 3.44. The van der Waals surface area contributed by atoms with E-state index in [9.17, 15) is 19.2 Å². The van der Waals surface area contributed by atoms with E-state index in [4.69, 9.17) is 0 Å². The molecule has 4 amide bonds. The molecule has 2 N–H and O–H groups in total. The summed E-state index contributed by atoms with van der Waals surface area (Å²) in [6.45, 7) is 0. The zero-order valence-electron chi connectivity index (χ0n) is 16.0. The summed E-state index contributed by atoms with van der Waals surface area (Å²) in [5, 5.41) is 5.41. The molecule has 1 aliphatic heterocycles. The Hall–Kier alpha value is -4.26. The van der Waals surface area contributed by atoms with Gasteiger partial charge in [0.15, 0.2) is 0 Å². The van der Waals surface area contributed by atoms with Crippen LogP contribution in [0.25, 0.3) is 0 Å². The van der Waals surface area contributed by atoms with Crippen LogP contribution < -0.4 is 10.6 Å². The lowest BCUT2D eigenvalue weighted by molar-refractivity contribution is 0.0693. The molecule has 0 aliphatic carbocycles. The minimum Gasteiger partial charge on any atom is -0.322 e. The standard InChI is InChI=1S/C23H17N3O4/c1-26-22(29)17-12-16(24-20(27)14-8-4-2-5-9-14)13-18(19(17)23(26)30)25-21(28)15-10-6-3-7-11-15/h2-13H,1H3,(H,24,27)(H,25,28). The van der Waals surface area contributed by atoms with Crippen molar-refractivity contribution in [3.05, 3.63) is 95.1 Å². The van der Waals surface area contributed by atoms with Gasteiger partial charge in [0.05, 0.1) is 16.8 Å². The number of nitrogens with one attached hydrogen (secondary N) is 2. The van der Waals surface area contributed by atoms with Gasteiger partial charge < -0.3 is 10.6 Å². The molecule has 0 atom stereocenters. The average molecular weight is 399 g/mol. The van der Waals surface area contributed by atoms with Gasteiger partial charge in [-0.05, 0) is 36.4 Å². The van der Waals surface area contributed by atoms with Gasteiger partial charge in [-0.25, -0.2) is 0 Å². The van der Waals surface area contributed by atoms with Gasteiger partial charge in [0.2, 0.25) is 0 Å². The molecule has 7 heteroatoms. The van der Waals surface area contributed by atoms with E-state index in [2.05, 4.69) is 10.6 Å². The van der Waals surface area contributed by atoms with Gasteiger partial charge in [-0.1, -0.05) is 36.4 Å². The van der Waals surface area contributed by atoms with Gasteiger partial charge in [0, 0.05) is 23.9 Å². The molecule has 30 heavy (non-hydrogen) atoms. The molecule has 3 aromatic rings. The van der Waals surface area contributed by atoms with Gasteiger partial charge in [-0.15, -0.1) is 0 Å². The number of anilines is 2. The van der Waals surface area contributed by atoms with E-state index in [0.717, 1.165) is 4.90 Å². The number of rotatable bonds is 4. The Bertz CT molecular complexity index is 1170. The maximum absolute atomic E-state index is 12.6. The van der Waals surface area contributed by atoms with Crippen molar-refractivity contribution in [2.24, 2.45) is 0 Å². The van der Waals surface area contributed by atoms with E-state index in [1.807, 2.05) is 0 Å². The highest BCUT2D eigenvalue weighted by Crippen LogP contribution is 2.32. The third-order valence-corrected chi connectivity index (χ3v) is 4.77. The van der Waals surface area contributed by atoms with Crippen molar-refractivity contribution in [2.45, 2.75) is 0 Å². The third-order valence-electron chi connectivity index (χ3n) is 4.77. The highest BCUT2D eigenvalue weighted by atomic mass is 16.2. The minimum absolute atomic E-state index is 0.101. The van der Waals surface area contributed by atoms with E-state index >= 15 is 0 Å². The van der Waals surface area contributed by atoms with Crippen molar-refractivity contribution in [2.75, 3.05) is 17.7 Å². The molecule has 0 aromatic heterocycles.